The number of hydrogen-bond acceptors (Lipinski definition) is 3. The number of aryl methyl sites for hydroxylation is 2. The maximum atomic E-state index is 12.5. The molecule has 3 nitrogen and oxygen atoms in total. The van der Waals surface area contributed by atoms with Gasteiger partial charge in [0.05, 0.1) is 26.7 Å². The molecular weight excluding hydrogens is 383 g/mol. The van der Waals surface area contributed by atoms with E-state index in [1.807, 2.05) is 24.5 Å². The summed E-state index contributed by atoms with van der Waals surface area (Å²) in [6.07, 6.45) is 5.50. The van der Waals surface area contributed by atoms with E-state index in [0.29, 0.717) is 25.6 Å². The molecule has 3 rings (SSSR count). The lowest BCUT2D eigenvalue weighted by Crippen LogP contribution is -2.16. The molecule has 122 valence electrons. The van der Waals surface area contributed by atoms with Crippen LogP contribution in [0.2, 0.25) is 8.67 Å². The van der Waals surface area contributed by atoms with Gasteiger partial charge in [-0.3, -0.25) is 4.79 Å². The minimum absolute atomic E-state index is 0.310. The Morgan fingerprint density at radius 3 is 2.67 bits per heavy atom. The summed E-state index contributed by atoms with van der Waals surface area (Å²) >= 11 is 14.5. The number of nitrogens with zero attached hydrogens (tertiary/aromatic N) is 2. The van der Waals surface area contributed by atoms with Gasteiger partial charge in [0.15, 0.2) is 4.80 Å². The van der Waals surface area contributed by atoms with E-state index in [1.165, 1.54) is 17.4 Å². The number of carbonyl (C=O) groups excluding carboxylic acids is 1. The Morgan fingerprint density at radius 2 is 2.04 bits per heavy atom. The Bertz CT molecular complexity index is 1070. The van der Waals surface area contributed by atoms with Gasteiger partial charge < -0.3 is 4.57 Å². The predicted molar refractivity (Wildman–Crippen MR) is 102 cm³/mol. The van der Waals surface area contributed by atoms with E-state index in [1.54, 1.807) is 0 Å². The first kappa shape index (κ1) is 17.2. The third-order valence-corrected chi connectivity index (χ3v) is 6.17. The van der Waals surface area contributed by atoms with Crippen molar-refractivity contribution in [3.63, 3.8) is 0 Å². The molecule has 0 saturated carbocycles. The quantitative estimate of drug-likeness (QED) is 0.559. The largest absolute Gasteiger partial charge is 0.305 e. The van der Waals surface area contributed by atoms with Crippen molar-refractivity contribution in [1.82, 2.24) is 4.57 Å². The summed E-state index contributed by atoms with van der Waals surface area (Å²) < 4.78 is 3.74. The number of amides is 1. The summed E-state index contributed by atoms with van der Waals surface area (Å²) in [5.41, 5.74) is 3.56. The molecule has 0 fully saturated rings. The van der Waals surface area contributed by atoms with Gasteiger partial charge in [-0.25, -0.2) is 0 Å². The number of halogens is 2. The van der Waals surface area contributed by atoms with Gasteiger partial charge in [0.2, 0.25) is 0 Å². The zero-order valence-electron chi connectivity index (χ0n) is 12.9. The molecule has 0 atom stereocenters. The molecule has 0 unspecified atom stereocenters. The summed E-state index contributed by atoms with van der Waals surface area (Å²) in [6, 6.07) is 5.68. The number of thiophene rings is 1. The number of carbonyl (C=O) groups is 1. The molecule has 2 aromatic heterocycles. The number of fused-ring (bicyclic) bond motifs is 1. The molecule has 0 spiro atoms. The molecule has 0 aliphatic carbocycles. The van der Waals surface area contributed by atoms with E-state index in [2.05, 4.69) is 17.0 Å². The smallest absolute Gasteiger partial charge is 0.282 e. The van der Waals surface area contributed by atoms with E-state index in [4.69, 9.17) is 29.6 Å². The first-order valence-electron chi connectivity index (χ1n) is 6.98. The molecular formula is C17H12Cl2N2OS2. The van der Waals surface area contributed by atoms with Gasteiger partial charge in [-0.1, -0.05) is 46.5 Å². The van der Waals surface area contributed by atoms with E-state index < -0.39 is 5.91 Å². The molecule has 0 aliphatic heterocycles. The maximum absolute atomic E-state index is 12.5. The van der Waals surface area contributed by atoms with Crippen molar-refractivity contribution >= 4 is 62.0 Å². The molecule has 1 amide bonds. The molecule has 1 aromatic carbocycles. The summed E-state index contributed by atoms with van der Waals surface area (Å²) in [7, 11) is 0. The Balaban J connectivity index is 2.23. The zero-order valence-corrected chi connectivity index (χ0v) is 16.0. The van der Waals surface area contributed by atoms with E-state index in [-0.39, 0.29) is 0 Å². The molecule has 0 N–H and O–H groups in total. The van der Waals surface area contributed by atoms with Gasteiger partial charge >= 0.3 is 0 Å². The van der Waals surface area contributed by atoms with Gasteiger partial charge in [0, 0.05) is 0 Å². The van der Waals surface area contributed by atoms with Crippen LogP contribution in [0.1, 0.15) is 21.5 Å². The van der Waals surface area contributed by atoms with Crippen molar-refractivity contribution in [2.45, 2.75) is 20.4 Å². The Labute approximate surface area is 157 Å². The predicted octanol–water partition coefficient (Wildman–Crippen LogP) is 5.06. The topological polar surface area (TPSA) is 34.4 Å². The zero-order chi connectivity index (χ0) is 17.4. The van der Waals surface area contributed by atoms with E-state index >= 15 is 0 Å². The van der Waals surface area contributed by atoms with Crippen LogP contribution in [-0.2, 0) is 6.54 Å². The second-order valence-electron chi connectivity index (χ2n) is 5.26. The van der Waals surface area contributed by atoms with Crippen LogP contribution in [0.3, 0.4) is 0 Å². The highest BCUT2D eigenvalue weighted by molar-refractivity contribution is 7.20. The van der Waals surface area contributed by atoms with Crippen LogP contribution in [0.15, 0.2) is 23.2 Å². The summed E-state index contributed by atoms with van der Waals surface area (Å²) in [6.45, 7) is 4.40. The third kappa shape index (κ3) is 3.15. The Kier molecular flexibility index (Phi) is 4.84. The van der Waals surface area contributed by atoms with Gasteiger partial charge in [-0.05, 0) is 37.1 Å². The molecule has 7 heteroatoms. The molecule has 0 saturated heterocycles. The normalized spacial score (nSPS) is 11.9. The monoisotopic (exact) mass is 394 g/mol. The fraction of sp³-hybridized carbons (Fsp3) is 0.176. The lowest BCUT2D eigenvalue weighted by atomic mass is 10.1. The molecule has 2 heterocycles. The van der Waals surface area contributed by atoms with Crippen molar-refractivity contribution in [3.8, 4) is 12.3 Å². The van der Waals surface area contributed by atoms with Crippen molar-refractivity contribution in [3.05, 3.63) is 48.4 Å². The fourth-order valence-corrected chi connectivity index (χ4v) is 5.00. The number of hydrogen-bond donors (Lipinski definition) is 0. The lowest BCUT2D eigenvalue weighted by molar-refractivity contribution is 0.0998. The van der Waals surface area contributed by atoms with E-state index in [0.717, 1.165) is 32.7 Å². The molecule has 0 radical (unpaired) electrons. The number of aromatic nitrogens is 1. The highest BCUT2D eigenvalue weighted by atomic mass is 35.5. The van der Waals surface area contributed by atoms with Crippen LogP contribution in [-0.4, -0.2) is 10.5 Å². The van der Waals surface area contributed by atoms with Crippen LogP contribution >= 0.6 is 45.9 Å². The third-order valence-electron chi connectivity index (χ3n) is 3.45. The van der Waals surface area contributed by atoms with Crippen molar-refractivity contribution in [1.29, 1.82) is 0 Å². The Hall–Kier alpha value is -1.58. The standard InChI is InChI=1S/C17H12Cl2N2OS2/c1-4-5-21-12-7-9(2)6-10(3)14(12)24-17(21)20-16(22)11-8-13(18)23-15(11)19/h1,6-8H,5H2,2-3H3. The van der Waals surface area contributed by atoms with Crippen molar-refractivity contribution < 1.29 is 4.79 Å². The van der Waals surface area contributed by atoms with Gasteiger partial charge in [0.1, 0.15) is 4.34 Å². The molecule has 0 bridgehead atoms. The molecule has 24 heavy (non-hydrogen) atoms. The first-order chi connectivity index (χ1) is 11.4. The first-order valence-corrected chi connectivity index (χ1v) is 9.37. The lowest BCUT2D eigenvalue weighted by Gasteiger charge is -2.02. The summed E-state index contributed by atoms with van der Waals surface area (Å²) in [5.74, 6) is 2.20. The number of terminal acetylenes is 1. The summed E-state index contributed by atoms with van der Waals surface area (Å²) in [4.78, 5) is 17.3. The van der Waals surface area contributed by atoms with Crippen molar-refractivity contribution in [2.24, 2.45) is 4.99 Å². The maximum Gasteiger partial charge on any atom is 0.282 e. The van der Waals surface area contributed by atoms with Crippen LogP contribution in [0.4, 0.5) is 0 Å². The average Bonchev–Trinajstić information content (AvgIpc) is 3.01. The average molecular weight is 395 g/mol. The number of benzene rings is 1. The number of thiazole rings is 1. The summed E-state index contributed by atoms with van der Waals surface area (Å²) in [5, 5.41) is 0. The second kappa shape index (κ2) is 6.73. The highest BCUT2D eigenvalue weighted by Gasteiger charge is 2.15. The second-order valence-corrected chi connectivity index (χ2v) is 8.52. The fourth-order valence-electron chi connectivity index (χ4n) is 2.48. The Morgan fingerprint density at radius 1 is 1.29 bits per heavy atom. The highest BCUT2D eigenvalue weighted by Crippen LogP contribution is 2.31. The van der Waals surface area contributed by atoms with E-state index in [9.17, 15) is 4.79 Å². The SMILES string of the molecule is C#CCn1c(=NC(=O)c2cc(Cl)sc2Cl)sc2c(C)cc(C)cc21. The molecule has 0 aliphatic rings. The van der Waals surface area contributed by atoms with Crippen LogP contribution in [0.5, 0.6) is 0 Å². The molecule has 3 aromatic rings. The van der Waals surface area contributed by atoms with Crippen LogP contribution in [0, 0.1) is 26.2 Å². The van der Waals surface area contributed by atoms with Gasteiger partial charge in [-0.2, -0.15) is 4.99 Å². The van der Waals surface area contributed by atoms with Crippen LogP contribution in [0.25, 0.3) is 10.2 Å². The van der Waals surface area contributed by atoms with Gasteiger partial charge in [-0.15, -0.1) is 17.8 Å². The van der Waals surface area contributed by atoms with Crippen molar-refractivity contribution in [2.75, 3.05) is 0 Å². The minimum Gasteiger partial charge on any atom is -0.305 e. The van der Waals surface area contributed by atoms with Gasteiger partial charge in [0.25, 0.3) is 5.91 Å². The minimum atomic E-state index is -0.421. The van der Waals surface area contributed by atoms with Crippen LogP contribution < -0.4 is 4.80 Å². The number of rotatable bonds is 2.